The predicted octanol–water partition coefficient (Wildman–Crippen LogP) is -1.27. The van der Waals surface area contributed by atoms with E-state index in [1.54, 1.807) is 0 Å². The van der Waals surface area contributed by atoms with Gasteiger partial charge < -0.3 is 20.5 Å². The number of methoxy groups -OCH3 is 1. The monoisotopic (exact) mass is 244 g/mol. The number of hydrogen-bond acceptors (Lipinski definition) is 4. The van der Waals surface area contributed by atoms with Gasteiger partial charge in [-0.15, -0.1) is 0 Å². The summed E-state index contributed by atoms with van der Waals surface area (Å²) < 4.78 is 4.77. The molecule has 0 aromatic carbocycles. The zero-order chi connectivity index (χ0) is 12.8. The quantitative estimate of drug-likeness (QED) is 0.540. The Balaban J connectivity index is 2.46. The molecule has 2 atom stereocenters. The molecular weight excluding hydrogens is 228 g/mol. The highest BCUT2D eigenvalue weighted by Crippen LogP contribution is 2.09. The summed E-state index contributed by atoms with van der Waals surface area (Å²) in [4.78, 5) is 33.5. The van der Waals surface area contributed by atoms with Crippen LogP contribution in [0.5, 0.6) is 0 Å². The smallest absolute Gasteiger partial charge is 0.326 e. The van der Waals surface area contributed by atoms with Crippen molar-refractivity contribution < 1.29 is 24.2 Å². The van der Waals surface area contributed by atoms with Gasteiger partial charge >= 0.3 is 5.97 Å². The van der Waals surface area contributed by atoms with Crippen molar-refractivity contribution in [2.24, 2.45) is 5.92 Å². The van der Waals surface area contributed by atoms with Crippen LogP contribution in [-0.2, 0) is 19.1 Å². The third-order valence-corrected chi connectivity index (χ3v) is 2.57. The summed E-state index contributed by atoms with van der Waals surface area (Å²) in [5.74, 6) is -2.18. The summed E-state index contributed by atoms with van der Waals surface area (Å²) in [6.07, 6.45) is 0.314. The molecule has 2 amide bonds. The first-order valence-electron chi connectivity index (χ1n) is 5.33. The fraction of sp³-hybridized carbons (Fsp3) is 0.700. The van der Waals surface area contributed by atoms with Crippen LogP contribution in [0.4, 0.5) is 0 Å². The minimum atomic E-state index is -1.10. The normalized spacial score (nSPS) is 20.8. The second-order valence-electron chi connectivity index (χ2n) is 3.89. The molecule has 0 aromatic heterocycles. The summed E-state index contributed by atoms with van der Waals surface area (Å²) in [5, 5.41) is 13.8. The molecule has 1 heterocycles. The predicted molar refractivity (Wildman–Crippen MR) is 57.2 cm³/mol. The molecular formula is C10H16N2O5. The molecule has 1 saturated heterocycles. The van der Waals surface area contributed by atoms with Crippen molar-refractivity contribution in [2.45, 2.75) is 18.9 Å². The lowest BCUT2D eigenvalue weighted by molar-refractivity contribution is -0.142. The zero-order valence-corrected chi connectivity index (χ0v) is 9.56. The van der Waals surface area contributed by atoms with E-state index < -0.39 is 23.8 Å². The number of carboxylic acid groups (broad SMARTS) is 1. The second kappa shape index (κ2) is 6.19. The third-order valence-electron chi connectivity index (χ3n) is 2.57. The molecule has 7 heteroatoms. The van der Waals surface area contributed by atoms with E-state index in [0.717, 1.165) is 0 Å². The fourth-order valence-corrected chi connectivity index (χ4v) is 1.57. The summed E-state index contributed by atoms with van der Waals surface area (Å²) in [7, 11) is 1.46. The van der Waals surface area contributed by atoms with E-state index in [4.69, 9.17) is 9.84 Å². The second-order valence-corrected chi connectivity index (χ2v) is 3.89. The average Bonchev–Trinajstić information content (AvgIpc) is 2.70. The van der Waals surface area contributed by atoms with Gasteiger partial charge in [0.15, 0.2) is 0 Å². The van der Waals surface area contributed by atoms with E-state index in [2.05, 4.69) is 10.6 Å². The molecule has 0 saturated carbocycles. The number of aliphatic carboxylic acids is 1. The lowest BCUT2D eigenvalue weighted by atomic mass is 10.1. The summed E-state index contributed by atoms with van der Waals surface area (Å²) in [6, 6.07) is -0.974. The van der Waals surface area contributed by atoms with Crippen LogP contribution in [0.3, 0.4) is 0 Å². The standard InChI is InChI=1S/C10H16N2O5/c1-17-3-2-7(10(15)16)12-9(14)6-4-8(13)11-5-6/h6-7H,2-5H2,1H3,(H,11,13)(H,12,14)(H,15,16). The van der Waals surface area contributed by atoms with E-state index >= 15 is 0 Å². The SMILES string of the molecule is COCCC(NC(=O)C1CNC(=O)C1)C(=O)O. The number of carbonyl (C=O) groups is 3. The lowest BCUT2D eigenvalue weighted by Gasteiger charge is -2.16. The molecule has 1 aliphatic heterocycles. The highest BCUT2D eigenvalue weighted by atomic mass is 16.5. The number of ether oxygens (including phenoxy) is 1. The van der Waals surface area contributed by atoms with Gasteiger partial charge in [0, 0.05) is 33.1 Å². The molecule has 0 radical (unpaired) electrons. The number of hydrogen-bond donors (Lipinski definition) is 3. The Bertz CT molecular complexity index is 318. The lowest BCUT2D eigenvalue weighted by Crippen LogP contribution is -2.44. The van der Waals surface area contributed by atoms with Gasteiger partial charge in [0.1, 0.15) is 6.04 Å². The van der Waals surface area contributed by atoms with Gasteiger partial charge in [0.05, 0.1) is 5.92 Å². The topological polar surface area (TPSA) is 105 Å². The van der Waals surface area contributed by atoms with Crippen LogP contribution < -0.4 is 10.6 Å². The largest absolute Gasteiger partial charge is 0.480 e. The van der Waals surface area contributed by atoms with Gasteiger partial charge in [-0.05, 0) is 0 Å². The van der Waals surface area contributed by atoms with Gasteiger partial charge in [-0.2, -0.15) is 0 Å². The Morgan fingerprint density at radius 2 is 2.35 bits per heavy atom. The highest BCUT2D eigenvalue weighted by molar-refractivity contribution is 5.91. The summed E-state index contributed by atoms with van der Waals surface area (Å²) in [6.45, 7) is 0.514. The minimum Gasteiger partial charge on any atom is -0.480 e. The molecule has 0 aliphatic carbocycles. The highest BCUT2D eigenvalue weighted by Gasteiger charge is 2.30. The summed E-state index contributed by atoms with van der Waals surface area (Å²) in [5.41, 5.74) is 0. The Kier molecular flexibility index (Phi) is 4.89. The van der Waals surface area contributed by atoms with Crippen molar-refractivity contribution in [1.82, 2.24) is 10.6 Å². The van der Waals surface area contributed by atoms with Crippen LogP contribution in [0.15, 0.2) is 0 Å². The molecule has 0 aromatic rings. The molecule has 1 aliphatic rings. The molecule has 17 heavy (non-hydrogen) atoms. The van der Waals surface area contributed by atoms with E-state index in [1.807, 2.05) is 0 Å². The van der Waals surface area contributed by atoms with Crippen molar-refractivity contribution in [1.29, 1.82) is 0 Å². The molecule has 1 fully saturated rings. The van der Waals surface area contributed by atoms with Gasteiger partial charge in [0.25, 0.3) is 0 Å². The fourth-order valence-electron chi connectivity index (χ4n) is 1.57. The number of carboxylic acids is 1. The van der Waals surface area contributed by atoms with Crippen molar-refractivity contribution in [3.8, 4) is 0 Å². The molecule has 0 spiro atoms. The maximum absolute atomic E-state index is 11.7. The average molecular weight is 244 g/mol. The Morgan fingerprint density at radius 3 is 2.82 bits per heavy atom. The molecule has 1 rings (SSSR count). The first-order valence-corrected chi connectivity index (χ1v) is 5.33. The number of nitrogens with one attached hydrogen (secondary N) is 2. The molecule has 2 unspecified atom stereocenters. The van der Waals surface area contributed by atoms with Crippen LogP contribution in [0.2, 0.25) is 0 Å². The Labute approximate surface area is 98.5 Å². The van der Waals surface area contributed by atoms with Crippen molar-refractivity contribution >= 4 is 17.8 Å². The van der Waals surface area contributed by atoms with Gasteiger partial charge in [0.2, 0.25) is 11.8 Å². The van der Waals surface area contributed by atoms with Gasteiger partial charge in [-0.1, -0.05) is 0 Å². The van der Waals surface area contributed by atoms with E-state index in [0.29, 0.717) is 0 Å². The Morgan fingerprint density at radius 1 is 1.65 bits per heavy atom. The van der Waals surface area contributed by atoms with Gasteiger partial charge in [-0.25, -0.2) is 4.79 Å². The number of carbonyl (C=O) groups excluding carboxylic acids is 2. The van der Waals surface area contributed by atoms with Crippen molar-refractivity contribution in [2.75, 3.05) is 20.3 Å². The van der Waals surface area contributed by atoms with Crippen molar-refractivity contribution in [3.05, 3.63) is 0 Å². The van der Waals surface area contributed by atoms with Gasteiger partial charge in [-0.3, -0.25) is 9.59 Å². The molecule has 7 nitrogen and oxygen atoms in total. The number of rotatable bonds is 6. The summed E-state index contributed by atoms with van der Waals surface area (Å²) >= 11 is 0. The first kappa shape index (κ1) is 13.4. The van der Waals surface area contributed by atoms with E-state index in [9.17, 15) is 14.4 Å². The maximum atomic E-state index is 11.7. The molecule has 3 N–H and O–H groups in total. The first-order chi connectivity index (χ1) is 8.04. The Hall–Kier alpha value is -1.63. The zero-order valence-electron chi connectivity index (χ0n) is 9.56. The van der Waals surface area contributed by atoms with Crippen LogP contribution in [0.25, 0.3) is 0 Å². The van der Waals surface area contributed by atoms with Crippen molar-refractivity contribution in [3.63, 3.8) is 0 Å². The van der Waals surface area contributed by atoms with E-state index in [-0.39, 0.29) is 31.9 Å². The van der Waals surface area contributed by atoms with E-state index in [1.165, 1.54) is 7.11 Å². The van der Waals surface area contributed by atoms with Crippen LogP contribution in [-0.4, -0.2) is 49.2 Å². The van der Waals surface area contributed by atoms with Crippen LogP contribution in [0.1, 0.15) is 12.8 Å². The minimum absolute atomic E-state index is 0.114. The molecule has 96 valence electrons. The molecule has 0 bridgehead atoms. The van der Waals surface area contributed by atoms with Crippen LogP contribution in [0, 0.1) is 5.92 Å². The van der Waals surface area contributed by atoms with Crippen LogP contribution >= 0.6 is 0 Å². The number of amides is 2. The third kappa shape index (κ3) is 4.03. The maximum Gasteiger partial charge on any atom is 0.326 e.